The van der Waals surface area contributed by atoms with Gasteiger partial charge in [-0.2, -0.15) is 0 Å². The number of H-pyrrole nitrogens is 1. The number of carbonyl (C=O) groups is 1. The highest BCUT2D eigenvalue weighted by molar-refractivity contribution is 7.89. The van der Waals surface area contributed by atoms with Crippen LogP contribution in [0.4, 0.5) is 0 Å². The van der Waals surface area contributed by atoms with Crippen molar-refractivity contribution in [2.75, 3.05) is 6.54 Å². The number of rotatable bonds is 6. The summed E-state index contributed by atoms with van der Waals surface area (Å²) in [6.45, 7) is 0.494. The van der Waals surface area contributed by atoms with Gasteiger partial charge in [-0.15, -0.1) is 0 Å². The summed E-state index contributed by atoms with van der Waals surface area (Å²) in [7, 11) is -3.66. The third kappa shape index (κ3) is 4.73. The molecule has 6 nitrogen and oxygen atoms in total. The minimum absolute atomic E-state index is 0.0568. The standard InChI is InChI=1S/C14H17N3O3S/c15-21(19,20)13-5-3-11(4-6-13)7-9-17-14(18)10-12-2-1-8-16-12/h1-6,8,16H,7,9-10H2,(H,17,18)(H2,15,19,20). The van der Waals surface area contributed by atoms with Crippen molar-refractivity contribution in [1.82, 2.24) is 10.3 Å². The SMILES string of the molecule is NS(=O)(=O)c1ccc(CCNC(=O)Cc2ccc[nH]2)cc1. The predicted molar refractivity (Wildman–Crippen MR) is 79.0 cm³/mol. The van der Waals surface area contributed by atoms with Crippen LogP contribution in [0.5, 0.6) is 0 Å². The smallest absolute Gasteiger partial charge is 0.238 e. The zero-order valence-corrected chi connectivity index (χ0v) is 12.2. The number of primary sulfonamides is 1. The molecule has 0 bridgehead atoms. The number of aromatic nitrogens is 1. The minimum Gasteiger partial charge on any atom is -0.365 e. The first-order chi connectivity index (χ1) is 9.95. The molecule has 0 radical (unpaired) electrons. The molecule has 0 aliphatic carbocycles. The van der Waals surface area contributed by atoms with Crippen LogP contribution >= 0.6 is 0 Å². The van der Waals surface area contributed by atoms with E-state index in [-0.39, 0.29) is 10.8 Å². The topological polar surface area (TPSA) is 105 Å². The Kier molecular flexibility index (Phi) is 4.77. The van der Waals surface area contributed by atoms with Gasteiger partial charge in [-0.25, -0.2) is 13.6 Å². The summed E-state index contributed by atoms with van der Waals surface area (Å²) in [5, 5.41) is 7.84. The average Bonchev–Trinajstić information content (AvgIpc) is 2.91. The van der Waals surface area contributed by atoms with Crippen LogP contribution in [-0.2, 0) is 27.7 Å². The average molecular weight is 307 g/mol. The Morgan fingerprint density at radius 2 is 1.90 bits per heavy atom. The van der Waals surface area contributed by atoms with Crippen molar-refractivity contribution in [3.05, 3.63) is 53.9 Å². The molecule has 0 spiro atoms. The van der Waals surface area contributed by atoms with E-state index in [2.05, 4.69) is 10.3 Å². The van der Waals surface area contributed by atoms with Gasteiger partial charge in [0.05, 0.1) is 11.3 Å². The molecular weight excluding hydrogens is 290 g/mol. The van der Waals surface area contributed by atoms with E-state index in [1.54, 1.807) is 18.3 Å². The third-order valence-electron chi connectivity index (χ3n) is 3.00. The number of nitrogens with one attached hydrogen (secondary N) is 2. The normalized spacial score (nSPS) is 11.3. The number of aromatic amines is 1. The number of nitrogens with two attached hydrogens (primary N) is 1. The Bertz CT molecular complexity index is 692. The van der Waals surface area contributed by atoms with Gasteiger partial charge in [0.2, 0.25) is 15.9 Å². The lowest BCUT2D eigenvalue weighted by atomic mass is 10.1. The first-order valence-electron chi connectivity index (χ1n) is 6.46. The Hall–Kier alpha value is -2.12. The Labute approximate surface area is 123 Å². The largest absolute Gasteiger partial charge is 0.365 e. The van der Waals surface area contributed by atoms with Crippen LogP contribution in [0, 0.1) is 0 Å². The predicted octanol–water partition coefficient (Wildman–Crippen LogP) is 0.563. The Morgan fingerprint density at radius 1 is 1.19 bits per heavy atom. The summed E-state index contributed by atoms with van der Waals surface area (Å²) in [6, 6.07) is 10.0. The molecule has 1 aromatic heterocycles. The van der Waals surface area contributed by atoms with Crippen molar-refractivity contribution < 1.29 is 13.2 Å². The lowest BCUT2D eigenvalue weighted by molar-refractivity contribution is -0.120. The number of sulfonamides is 1. The highest BCUT2D eigenvalue weighted by Crippen LogP contribution is 2.08. The van der Waals surface area contributed by atoms with Crippen LogP contribution in [0.2, 0.25) is 0 Å². The summed E-state index contributed by atoms with van der Waals surface area (Å²) in [5.41, 5.74) is 1.80. The third-order valence-corrected chi connectivity index (χ3v) is 3.93. The van der Waals surface area contributed by atoms with Crippen molar-refractivity contribution in [1.29, 1.82) is 0 Å². The first-order valence-corrected chi connectivity index (χ1v) is 8.00. The second kappa shape index (κ2) is 6.55. The maximum absolute atomic E-state index is 11.7. The van der Waals surface area contributed by atoms with Crippen molar-refractivity contribution in [3.63, 3.8) is 0 Å². The second-order valence-corrected chi connectivity index (χ2v) is 6.22. The van der Waals surface area contributed by atoms with E-state index in [0.717, 1.165) is 11.3 Å². The summed E-state index contributed by atoms with van der Waals surface area (Å²) in [5.74, 6) is -0.0568. The molecular formula is C14H17N3O3S. The van der Waals surface area contributed by atoms with Crippen LogP contribution in [0.15, 0.2) is 47.5 Å². The molecule has 4 N–H and O–H groups in total. The fourth-order valence-corrected chi connectivity index (χ4v) is 2.42. The van der Waals surface area contributed by atoms with Crippen LogP contribution in [0.3, 0.4) is 0 Å². The van der Waals surface area contributed by atoms with Gasteiger partial charge in [-0.1, -0.05) is 12.1 Å². The van der Waals surface area contributed by atoms with Crippen molar-refractivity contribution in [2.24, 2.45) is 5.14 Å². The molecule has 2 rings (SSSR count). The number of hydrogen-bond acceptors (Lipinski definition) is 3. The van der Waals surface area contributed by atoms with Gasteiger partial charge in [0.15, 0.2) is 0 Å². The zero-order valence-electron chi connectivity index (χ0n) is 11.4. The molecule has 0 saturated heterocycles. The maximum atomic E-state index is 11.7. The quantitative estimate of drug-likeness (QED) is 0.726. The maximum Gasteiger partial charge on any atom is 0.238 e. The van der Waals surface area contributed by atoms with Crippen LogP contribution in [0.1, 0.15) is 11.3 Å². The summed E-state index contributed by atoms with van der Waals surface area (Å²) >= 11 is 0. The van der Waals surface area contributed by atoms with Gasteiger partial charge in [-0.05, 0) is 36.2 Å². The molecule has 21 heavy (non-hydrogen) atoms. The van der Waals surface area contributed by atoms with Crippen LogP contribution in [-0.4, -0.2) is 25.9 Å². The van der Waals surface area contributed by atoms with E-state index >= 15 is 0 Å². The van der Waals surface area contributed by atoms with E-state index in [9.17, 15) is 13.2 Å². The molecule has 1 heterocycles. The fourth-order valence-electron chi connectivity index (χ4n) is 1.91. The van der Waals surface area contributed by atoms with Gasteiger partial charge >= 0.3 is 0 Å². The van der Waals surface area contributed by atoms with Gasteiger partial charge in [-0.3, -0.25) is 4.79 Å². The molecule has 0 fully saturated rings. The highest BCUT2D eigenvalue weighted by Gasteiger charge is 2.07. The van der Waals surface area contributed by atoms with Crippen molar-refractivity contribution in [3.8, 4) is 0 Å². The molecule has 1 aromatic carbocycles. The molecule has 0 aliphatic rings. The Balaban J connectivity index is 1.79. The van der Waals surface area contributed by atoms with E-state index in [1.165, 1.54) is 12.1 Å². The monoisotopic (exact) mass is 307 g/mol. The highest BCUT2D eigenvalue weighted by atomic mass is 32.2. The van der Waals surface area contributed by atoms with Crippen LogP contribution < -0.4 is 10.5 Å². The molecule has 112 valence electrons. The lowest BCUT2D eigenvalue weighted by Gasteiger charge is -2.05. The molecule has 0 unspecified atom stereocenters. The Morgan fingerprint density at radius 3 is 2.48 bits per heavy atom. The number of benzene rings is 1. The van der Waals surface area contributed by atoms with Crippen molar-refractivity contribution in [2.45, 2.75) is 17.7 Å². The number of hydrogen-bond donors (Lipinski definition) is 3. The second-order valence-electron chi connectivity index (χ2n) is 4.66. The molecule has 0 atom stereocenters. The summed E-state index contributed by atoms with van der Waals surface area (Å²) in [6.07, 6.45) is 2.72. The van der Waals surface area contributed by atoms with E-state index in [4.69, 9.17) is 5.14 Å². The minimum atomic E-state index is -3.66. The van der Waals surface area contributed by atoms with Gasteiger partial charge in [0.25, 0.3) is 0 Å². The molecule has 2 aromatic rings. The molecule has 0 saturated carbocycles. The fraction of sp³-hybridized carbons (Fsp3) is 0.214. The number of carbonyl (C=O) groups excluding carboxylic acids is 1. The molecule has 0 aliphatic heterocycles. The van der Waals surface area contributed by atoms with Gasteiger partial charge in [0.1, 0.15) is 0 Å². The lowest BCUT2D eigenvalue weighted by Crippen LogP contribution is -2.27. The first kappa shape index (κ1) is 15.3. The summed E-state index contributed by atoms with van der Waals surface area (Å²) < 4.78 is 22.2. The van der Waals surface area contributed by atoms with Crippen molar-refractivity contribution >= 4 is 15.9 Å². The number of amides is 1. The zero-order chi connectivity index (χ0) is 15.3. The summed E-state index contributed by atoms with van der Waals surface area (Å²) in [4.78, 5) is 14.7. The van der Waals surface area contributed by atoms with E-state index in [1.807, 2.05) is 12.1 Å². The van der Waals surface area contributed by atoms with Gasteiger partial charge < -0.3 is 10.3 Å². The van der Waals surface area contributed by atoms with E-state index < -0.39 is 10.0 Å². The molecule has 1 amide bonds. The van der Waals surface area contributed by atoms with Gasteiger partial charge in [0, 0.05) is 18.4 Å². The molecule has 7 heteroatoms. The van der Waals surface area contributed by atoms with E-state index in [0.29, 0.717) is 19.4 Å². The van der Waals surface area contributed by atoms with Crippen LogP contribution in [0.25, 0.3) is 0 Å².